The molecule has 2 nitrogen and oxygen atoms in total. The molecular formula is C14H20ClNO. The van der Waals surface area contributed by atoms with Gasteiger partial charge in [-0.2, -0.15) is 0 Å². The Morgan fingerprint density at radius 1 is 1.41 bits per heavy atom. The zero-order valence-corrected chi connectivity index (χ0v) is 11.0. The fraction of sp³-hybridized carbons (Fsp3) is 0.571. The number of rotatable bonds is 4. The van der Waals surface area contributed by atoms with Crippen molar-refractivity contribution in [3.8, 4) is 0 Å². The molecule has 1 N–H and O–H groups in total. The molecule has 0 aromatic heterocycles. The third-order valence-corrected chi connectivity index (χ3v) is 3.73. The van der Waals surface area contributed by atoms with E-state index in [1.54, 1.807) is 0 Å². The molecule has 1 aliphatic rings. The zero-order chi connectivity index (χ0) is 12.1. The Kier molecular flexibility index (Phi) is 4.84. The molecule has 1 aromatic carbocycles. The van der Waals surface area contributed by atoms with Crippen LogP contribution in [0.2, 0.25) is 5.02 Å². The first-order valence-corrected chi connectivity index (χ1v) is 6.75. The number of halogens is 1. The van der Waals surface area contributed by atoms with Gasteiger partial charge in [0.25, 0.3) is 0 Å². The van der Waals surface area contributed by atoms with Gasteiger partial charge in [0.15, 0.2) is 0 Å². The van der Waals surface area contributed by atoms with Gasteiger partial charge in [0.2, 0.25) is 0 Å². The monoisotopic (exact) mass is 253 g/mol. The van der Waals surface area contributed by atoms with Crippen LogP contribution in [0.4, 0.5) is 0 Å². The molecule has 1 fully saturated rings. The van der Waals surface area contributed by atoms with E-state index in [2.05, 4.69) is 18.3 Å². The van der Waals surface area contributed by atoms with E-state index in [-0.39, 0.29) is 0 Å². The Bertz CT molecular complexity index is 356. The molecule has 3 heteroatoms. The average molecular weight is 254 g/mol. The smallest absolute Gasteiger partial charge is 0.0587 e. The molecule has 1 heterocycles. The number of benzene rings is 1. The van der Waals surface area contributed by atoms with Crippen LogP contribution >= 0.6 is 11.6 Å². The lowest BCUT2D eigenvalue weighted by Gasteiger charge is -2.29. The molecule has 94 valence electrons. The van der Waals surface area contributed by atoms with E-state index in [9.17, 15) is 0 Å². The second-order valence-corrected chi connectivity index (χ2v) is 5.00. The summed E-state index contributed by atoms with van der Waals surface area (Å²) < 4.78 is 5.67. The van der Waals surface area contributed by atoms with Gasteiger partial charge in [0.1, 0.15) is 0 Å². The summed E-state index contributed by atoms with van der Waals surface area (Å²) in [5.74, 6) is 0. The largest absolute Gasteiger partial charge is 0.378 e. The fourth-order valence-electron chi connectivity index (χ4n) is 2.25. The Balaban J connectivity index is 1.84. The first-order chi connectivity index (χ1) is 8.29. The Morgan fingerprint density at radius 2 is 2.24 bits per heavy atom. The van der Waals surface area contributed by atoms with E-state index >= 15 is 0 Å². The van der Waals surface area contributed by atoms with Crippen molar-refractivity contribution in [3.63, 3.8) is 0 Å². The van der Waals surface area contributed by atoms with Crippen LogP contribution in [0.15, 0.2) is 24.3 Å². The van der Waals surface area contributed by atoms with Gasteiger partial charge in [-0.05, 0) is 30.9 Å². The number of hydrogen-bond donors (Lipinski definition) is 1. The zero-order valence-electron chi connectivity index (χ0n) is 10.3. The van der Waals surface area contributed by atoms with Crippen molar-refractivity contribution in [2.75, 3.05) is 6.61 Å². The first-order valence-electron chi connectivity index (χ1n) is 6.38. The normalized spacial score (nSPS) is 24.8. The quantitative estimate of drug-likeness (QED) is 0.888. The SMILES string of the molecule is CCC1CC(NCc2ccccc2Cl)CCO1. The molecule has 2 atom stereocenters. The molecule has 2 rings (SSSR count). The second-order valence-electron chi connectivity index (χ2n) is 4.59. The molecule has 1 aromatic rings. The molecular weight excluding hydrogens is 234 g/mol. The van der Waals surface area contributed by atoms with Gasteiger partial charge in [-0.25, -0.2) is 0 Å². The predicted molar refractivity (Wildman–Crippen MR) is 71.3 cm³/mol. The van der Waals surface area contributed by atoms with E-state index in [1.807, 2.05) is 18.2 Å². The van der Waals surface area contributed by atoms with Crippen molar-refractivity contribution in [1.82, 2.24) is 5.32 Å². The average Bonchev–Trinajstić information content (AvgIpc) is 2.38. The minimum atomic E-state index is 0.424. The third-order valence-electron chi connectivity index (χ3n) is 3.36. The van der Waals surface area contributed by atoms with Crippen molar-refractivity contribution in [3.05, 3.63) is 34.9 Å². The van der Waals surface area contributed by atoms with Gasteiger partial charge < -0.3 is 10.1 Å². The number of ether oxygens (including phenoxy) is 1. The van der Waals surface area contributed by atoms with Crippen molar-refractivity contribution in [2.45, 2.75) is 44.9 Å². The van der Waals surface area contributed by atoms with Crippen LogP contribution < -0.4 is 5.32 Å². The first kappa shape index (κ1) is 12.9. The van der Waals surface area contributed by atoms with Crippen molar-refractivity contribution in [2.24, 2.45) is 0 Å². The minimum Gasteiger partial charge on any atom is -0.378 e. The lowest BCUT2D eigenvalue weighted by Crippen LogP contribution is -2.38. The maximum atomic E-state index is 6.13. The number of hydrogen-bond acceptors (Lipinski definition) is 2. The Morgan fingerprint density at radius 3 is 3.00 bits per heavy atom. The van der Waals surface area contributed by atoms with E-state index in [0.29, 0.717) is 12.1 Å². The lowest BCUT2D eigenvalue weighted by atomic mass is 10.0. The van der Waals surface area contributed by atoms with Crippen LogP contribution in [0.3, 0.4) is 0 Å². The van der Waals surface area contributed by atoms with Crippen molar-refractivity contribution in [1.29, 1.82) is 0 Å². The molecule has 0 saturated carbocycles. The van der Waals surface area contributed by atoms with Crippen LogP contribution in [0.5, 0.6) is 0 Å². The summed E-state index contributed by atoms with van der Waals surface area (Å²) in [5.41, 5.74) is 1.17. The standard InChI is InChI=1S/C14H20ClNO/c1-2-13-9-12(7-8-17-13)16-10-11-5-3-4-6-14(11)15/h3-6,12-13,16H,2,7-10H2,1H3. The summed E-state index contributed by atoms with van der Waals surface area (Å²) >= 11 is 6.13. The molecule has 0 radical (unpaired) electrons. The molecule has 17 heavy (non-hydrogen) atoms. The van der Waals surface area contributed by atoms with E-state index in [0.717, 1.165) is 37.4 Å². The topological polar surface area (TPSA) is 21.3 Å². The lowest BCUT2D eigenvalue weighted by molar-refractivity contribution is -0.000316. The van der Waals surface area contributed by atoms with Crippen LogP contribution in [0.25, 0.3) is 0 Å². The van der Waals surface area contributed by atoms with Crippen molar-refractivity contribution < 1.29 is 4.74 Å². The Hall–Kier alpha value is -0.570. The Labute approximate surface area is 108 Å². The molecule has 1 saturated heterocycles. The van der Waals surface area contributed by atoms with Crippen LogP contribution in [0, 0.1) is 0 Å². The maximum absolute atomic E-state index is 6.13. The van der Waals surface area contributed by atoms with Gasteiger partial charge >= 0.3 is 0 Å². The summed E-state index contributed by atoms with van der Waals surface area (Å²) in [6.45, 7) is 3.90. The van der Waals surface area contributed by atoms with E-state index < -0.39 is 0 Å². The summed E-state index contributed by atoms with van der Waals surface area (Å²) in [4.78, 5) is 0. The van der Waals surface area contributed by atoms with Crippen LogP contribution in [-0.4, -0.2) is 18.8 Å². The summed E-state index contributed by atoms with van der Waals surface area (Å²) in [7, 11) is 0. The van der Waals surface area contributed by atoms with E-state index in [4.69, 9.17) is 16.3 Å². The molecule has 0 bridgehead atoms. The molecule has 2 unspecified atom stereocenters. The summed E-state index contributed by atoms with van der Waals surface area (Å²) in [6.07, 6.45) is 3.74. The maximum Gasteiger partial charge on any atom is 0.0587 e. The van der Waals surface area contributed by atoms with Gasteiger partial charge in [-0.3, -0.25) is 0 Å². The van der Waals surface area contributed by atoms with Gasteiger partial charge in [-0.1, -0.05) is 36.7 Å². The molecule has 0 amide bonds. The highest BCUT2D eigenvalue weighted by molar-refractivity contribution is 6.31. The van der Waals surface area contributed by atoms with Gasteiger partial charge in [0.05, 0.1) is 6.10 Å². The molecule has 0 spiro atoms. The minimum absolute atomic E-state index is 0.424. The molecule has 0 aliphatic carbocycles. The van der Waals surface area contributed by atoms with Crippen LogP contribution in [0.1, 0.15) is 31.7 Å². The summed E-state index contributed by atoms with van der Waals surface area (Å²) in [5, 5.41) is 4.42. The van der Waals surface area contributed by atoms with Gasteiger partial charge in [-0.15, -0.1) is 0 Å². The van der Waals surface area contributed by atoms with Crippen molar-refractivity contribution >= 4 is 11.6 Å². The second kappa shape index (κ2) is 6.39. The fourth-order valence-corrected chi connectivity index (χ4v) is 2.45. The molecule has 1 aliphatic heterocycles. The summed E-state index contributed by atoms with van der Waals surface area (Å²) in [6, 6.07) is 8.57. The highest BCUT2D eigenvalue weighted by Gasteiger charge is 2.20. The highest BCUT2D eigenvalue weighted by atomic mass is 35.5. The highest BCUT2D eigenvalue weighted by Crippen LogP contribution is 2.18. The predicted octanol–water partition coefficient (Wildman–Crippen LogP) is 3.39. The van der Waals surface area contributed by atoms with Crippen LogP contribution in [-0.2, 0) is 11.3 Å². The van der Waals surface area contributed by atoms with Gasteiger partial charge in [0, 0.05) is 24.2 Å². The number of nitrogens with one attached hydrogen (secondary N) is 1. The third kappa shape index (κ3) is 3.70. The van der Waals surface area contributed by atoms with E-state index in [1.165, 1.54) is 5.56 Å².